The van der Waals surface area contributed by atoms with Gasteiger partial charge in [0.25, 0.3) is 0 Å². The number of ether oxygens (including phenoxy) is 1. The molecule has 1 saturated carbocycles. The van der Waals surface area contributed by atoms with Crippen LogP contribution in [0.15, 0.2) is 48.8 Å². The predicted octanol–water partition coefficient (Wildman–Crippen LogP) is 5.57. The Morgan fingerprint density at radius 2 is 1.89 bits per heavy atom. The minimum Gasteiger partial charge on any atom is -0.492 e. The standard InChI is InChI=1S/C22H29N3OS/c1-3-26-21-12-8-7-11-20(21)24-22(27)25(19-9-5-4-6-10-19)17(2)18-13-15-23-16-14-18/h7-8,11-17,19H,3-6,9-10H2,1-2H3,(H,24,27). The second-order valence-electron chi connectivity index (χ2n) is 7.01. The van der Waals surface area contributed by atoms with E-state index in [4.69, 9.17) is 17.0 Å². The van der Waals surface area contributed by atoms with Crippen LogP contribution in [0.5, 0.6) is 5.75 Å². The Bertz CT molecular complexity index is 731. The molecule has 0 radical (unpaired) electrons. The maximum Gasteiger partial charge on any atom is 0.174 e. The molecule has 0 saturated heterocycles. The van der Waals surface area contributed by atoms with E-state index in [1.807, 2.05) is 43.6 Å². The number of hydrogen-bond acceptors (Lipinski definition) is 3. The van der Waals surface area contributed by atoms with Gasteiger partial charge in [-0.1, -0.05) is 31.4 Å². The number of nitrogens with zero attached hydrogens (tertiary/aromatic N) is 2. The fourth-order valence-corrected chi connectivity index (χ4v) is 4.27. The monoisotopic (exact) mass is 383 g/mol. The molecule has 1 aliphatic rings. The molecule has 0 bridgehead atoms. The SMILES string of the molecule is CCOc1ccccc1NC(=S)N(C1CCCCC1)C(C)c1ccncc1. The molecule has 1 heterocycles. The zero-order chi connectivity index (χ0) is 19.1. The molecule has 1 aromatic heterocycles. The zero-order valence-electron chi connectivity index (χ0n) is 16.2. The number of benzene rings is 1. The smallest absolute Gasteiger partial charge is 0.174 e. The van der Waals surface area contributed by atoms with Gasteiger partial charge in [0.1, 0.15) is 5.75 Å². The van der Waals surface area contributed by atoms with Crippen LogP contribution in [0.2, 0.25) is 0 Å². The van der Waals surface area contributed by atoms with Gasteiger partial charge < -0.3 is 15.0 Å². The summed E-state index contributed by atoms with van der Waals surface area (Å²) < 4.78 is 5.76. The molecular weight excluding hydrogens is 354 g/mol. The van der Waals surface area contributed by atoms with Gasteiger partial charge in [-0.05, 0) is 68.7 Å². The van der Waals surface area contributed by atoms with Crippen molar-refractivity contribution in [3.63, 3.8) is 0 Å². The fraction of sp³-hybridized carbons (Fsp3) is 0.455. The van der Waals surface area contributed by atoms with Gasteiger partial charge in [-0.25, -0.2) is 0 Å². The van der Waals surface area contributed by atoms with Gasteiger partial charge in [-0.15, -0.1) is 0 Å². The highest BCUT2D eigenvalue weighted by Gasteiger charge is 2.28. The van der Waals surface area contributed by atoms with Gasteiger partial charge in [0.15, 0.2) is 5.11 Å². The van der Waals surface area contributed by atoms with E-state index in [1.165, 1.54) is 37.7 Å². The Balaban J connectivity index is 1.84. The third-order valence-corrected chi connectivity index (χ3v) is 5.55. The van der Waals surface area contributed by atoms with Crippen molar-refractivity contribution in [2.75, 3.05) is 11.9 Å². The topological polar surface area (TPSA) is 37.4 Å². The molecule has 144 valence electrons. The molecule has 5 heteroatoms. The first-order chi connectivity index (χ1) is 13.2. The van der Waals surface area contributed by atoms with Crippen molar-refractivity contribution in [2.45, 2.75) is 58.0 Å². The summed E-state index contributed by atoms with van der Waals surface area (Å²) in [5.74, 6) is 0.836. The predicted molar refractivity (Wildman–Crippen MR) is 115 cm³/mol. The van der Waals surface area contributed by atoms with Gasteiger partial charge in [0, 0.05) is 18.4 Å². The number of para-hydroxylation sites is 2. The minimum atomic E-state index is 0.190. The van der Waals surface area contributed by atoms with Crippen LogP contribution in [-0.2, 0) is 0 Å². The lowest BCUT2D eigenvalue weighted by molar-refractivity contribution is 0.203. The minimum absolute atomic E-state index is 0.190. The highest BCUT2D eigenvalue weighted by Crippen LogP contribution is 2.32. The number of aromatic nitrogens is 1. The van der Waals surface area contributed by atoms with Crippen LogP contribution in [0.3, 0.4) is 0 Å². The zero-order valence-corrected chi connectivity index (χ0v) is 17.0. The number of rotatable bonds is 6. The molecule has 1 N–H and O–H groups in total. The summed E-state index contributed by atoms with van der Waals surface area (Å²) in [5.41, 5.74) is 2.16. The van der Waals surface area contributed by atoms with Gasteiger partial charge in [0.05, 0.1) is 18.3 Å². The van der Waals surface area contributed by atoms with Crippen molar-refractivity contribution in [1.82, 2.24) is 9.88 Å². The van der Waals surface area contributed by atoms with E-state index in [0.29, 0.717) is 12.6 Å². The number of anilines is 1. The lowest BCUT2D eigenvalue weighted by Crippen LogP contribution is -2.45. The molecular formula is C22H29N3OS. The van der Waals surface area contributed by atoms with Crippen LogP contribution in [0.4, 0.5) is 5.69 Å². The van der Waals surface area contributed by atoms with E-state index < -0.39 is 0 Å². The molecule has 0 spiro atoms. The van der Waals surface area contributed by atoms with Gasteiger partial charge in [-0.3, -0.25) is 4.98 Å². The van der Waals surface area contributed by atoms with Gasteiger partial charge in [0.2, 0.25) is 0 Å². The molecule has 1 atom stereocenters. The van der Waals surface area contributed by atoms with Gasteiger partial charge >= 0.3 is 0 Å². The first-order valence-corrected chi connectivity index (χ1v) is 10.3. The quantitative estimate of drug-likeness (QED) is 0.660. The molecule has 1 aromatic carbocycles. The second-order valence-corrected chi connectivity index (χ2v) is 7.40. The lowest BCUT2D eigenvalue weighted by Gasteiger charge is -2.40. The largest absolute Gasteiger partial charge is 0.492 e. The van der Waals surface area contributed by atoms with Crippen molar-refractivity contribution in [3.8, 4) is 5.75 Å². The maximum absolute atomic E-state index is 5.90. The molecule has 27 heavy (non-hydrogen) atoms. The lowest BCUT2D eigenvalue weighted by atomic mass is 9.92. The third kappa shape index (κ3) is 4.98. The summed E-state index contributed by atoms with van der Waals surface area (Å²) in [7, 11) is 0. The summed E-state index contributed by atoms with van der Waals surface area (Å²) in [6.45, 7) is 4.85. The Morgan fingerprint density at radius 1 is 1.19 bits per heavy atom. The van der Waals surface area contributed by atoms with Crippen molar-refractivity contribution >= 4 is 23.0 Å². The van der Waals surface area contributed by atoms with Crippen molar-refractivity contribution < 1.29 is 4.74 Å². The Hall–Kier alpha value is -2.14. The molecule has 1 aliphatic carbocycles. The van der Waals surface area contributed by atoms with Gasteiger partial charge in [-0.2, -0.15) is 0 Å². The van der Waals surface area contributed by atoms with E-state index >= 15 is 0 Å². The van der Waals surface area contributed by atoms with Crippen LogP contribution in [0.1, 0.15) is 57.6 Å². The normalized spacial score (nSPS) is 15.8. The van der Waals surface area contributed by atoms with Crippen LogP contribution in [0, 0.1) is 0 Å². The molecule has 3 rings (SSSR count). The fourth-order valence-electron chi connectivity index (χ4n) is 3.85. The van der Waals surface area contributed by atoms with Crippen molar-refractivity contribution in [3.05, 3.63) is 54.4 Å². The molecule has 1 unspecified atom stereocenters. The summed E-state index contributed by atoms with van der Waals surface area (Å²) in [6, 6.07) is 12.8. The van der Waals surface area contributed by atoms with Crippen LogP contribution in [-0.4, -0.2) is 27.6 Å². The third-order valence-electron chi connectivity index (χ3n) is 5.24. The Labute approximate surface area is 167 Å². The number of thiocarbonyl (C=S) groups is 1. The summed E-state index contributed by atoms with van der Waals surface area (Å²) in [4.78, 5) is 6.54. The first kappa shape index (κ1) is 19.6. The summed E-state index contributed by atoms with van der Waals surface area (Å²) in [5, 5.41) is 4.22. The number of hydrogen-bond donors (Lipinski definition) is 1. The van der Waals surface area contributed by atoms with Crippen LogP contribution in [0.25, 0.3) is 0 Å². The molecule has 4 nitrogen and oxygen atoms in total. The highest BCUT2D eigenvalue weighted by atomic mass is 32.1. The summed E-state index contributed by atoms with van der Waals surface area (Å²) in [6.07, 6.45) is 9.93. The van der Waals surface area contributed by atoms with Crippen LogP contribution < -0.4 is 10.1 Å². The Kier molecular flexibility index (Phi) is 7.04. The highest BCUT2D eigenvalue weighted by molar-refractivity contribution is 7.80. The van der Waals surface area contributed by atoms with E-state index in [2.05, 4.69) is 34.3 Å². The van der Waals surface area contributed by atoms with Crippen molar-refractivity contribution in [2.24, 2.45) is 0 Å². The number of pyridine rings is 1. The van der Waals surface area contributed by atoms with Crippen LogP contribution >= 0.6 is 12.2 Å². The average molecular weight is 384 g/mol. The molecule has 0 amide bonds. The first-order valence-electron chi connectivity index (χ1n) is 9.91. The van der Waals surface area contributed by atoms with Crippen molar-refractivity contribution in [1.29, 1.82) is 0 Å². The number of nitrogens with one attached hydrogen (secondary N) is 1. The molecule has 2 aromatic rings. The van der Waals surface area contributed by atoms with E-state index in [-0.39, 0.29) is 6.04 Å². The Morgan fingerprint density at radius 3 is 2.59 bits per heavy atom. The van der Waals surface area contributed by atoms with E-state index in [9.17, 15) is 0 Å². The summed E-state index contributed by atoms with van der Waals surface area (Å²) >= 11 is 5.90. The second kappa shape index (κ2) is 9.70. The van der Waals surface area contributed by atoms with E-state index in [0.717, 1.165) is 16.5 Å². The van der Waals surface area contributed by atoms with E-state index in [1.54, 1.807) is 0 Å². The maximum atomic E-state index is 5.90. The average Bonchev–Trinajstić information content (AvgIpc) is 2.71. The molecule has 1 fully saturated rings. The molecule has 0 aliphatic heterocycles.